The van der Waals surface area contributed by atoms with Gasteiger partial charge < -0.3 is 10.2 Å². The lowest BCUT2D eigenvalue weighted by Crippen LogP contribution is -2.53. The Kier molecular flexibility index (Phi) is 11.0. The zero-order chi connectivity index (χ0) is 28.7. The van der Waals surface area contributed by atoms with Crippen molar-refractivity contribution in [2.75, 3.05) is 30.2 Å². The molecule has 0 saturated carbocycles. The molecule has 12 heteroatoms. The first kappa shape index (κ1) is 31.4. The summed E-state index contributed by atoms with van der Waals surface area (Å²) < 4.78 is 65.9. The predicted octanol–water partition coefficient (Wildman–Crippen LogP) is 4.75. The van der Waals surface area contributed by atoms with E-state index in [0.29, 0.717) is 23.3 Å². The van der Waals surface area contributed by atoms with Crippen molar-refractivity contribution in [1.82, 2.24) is 10.2 Å². The van der Waals surface area contributed by atoms with E-state index in [4.69, 9.17) is 11.6 Å². The fraction of sp³-hybridized carbons (Fsp3) is 0.462. The number of rotatable bonds is 12. The minimum absolute atomic E-state index is 0.0877. The molecule has 1 N–H and O–H groups in total. The molecule has 0 aliphatic heterocycles. The predicted molar refractivity (Wildman–Crippen MR) is 142 cm³/mol. The molecule has 210 valence electrons. The topological polar surface area (TPSA) is 86.8 Å². The Morgan fingerprint density at radius 2 is 1.71 bits per heavy atom. The smallest absolute Gasteiger partial charge is 0.354 e. The summed E-state index contributed by atoms with van der Waals surface area (Å²) >= 11 is 6.10. The number of nitrogens with zero attached hydrogens (tertiary/aromatic N) is 2. The van der Waals surface area contributed by atoms with Gasteiger partial charge in [-0.05, 0) is 42.5 Å². The Morgan fingerprint density at radius 3 is 2.24 bits per heavy atom. The van der Waals surface area contributed by atoms with Gasteiger partial charge in [0.1, 0.15) is 12.6 Å². The number of hydrogen-bond acceptors (Lipinski definition) is 4. The maximum Gasteiger partial charge on any atom is 0.416 e. The molecule has 2 amide bonds. The molecule has 2 rings (SSSR count). The Balaban J connectivity index is 2.46. The van der Waals surface area contributed by atoms with Gasteiger partial charge in [0.25, 0.3) is 0 Å². The quantitative estimate of drug-likeness (QED) is 0.396. The third kappa shape index (κ3) is 8.90. The maximum absolute atomic E-state index is 13.6. The van der Waals surface area contributed by atoms with Gasteiger partial charge in [-0.15, -0.1) is 0 Å². The van der Waals surface area contributed by atoms with Gasteiger partial charge in [-0.2, -0.15) is 13.2 Å². The Hall–Kier alpha value is -2.79. The van der Waals surface area contributed by atoms with Crippen LogP contribution in [0.2, 0.25) is 5.02 Å². The number of carbonyl (C=O) groups excluding carboxylic acids is 2. The highest BCUT2D eigenvalue weighted by molar-refractivity contribution is 7.92. The van der Waals surface area contributed by atoms with Gasteiger partial charge in [0.05, 0.1) is 22.5 Å². The summed E-state index contributed by atoms with van der Waals surface area (Å²) in [5.74, 6) is -0.981. The standard InChI is InChI=1S/C26H33ClF3N3O4S/c1-5-22(25(35)31-16-18(2)3)32(14-13-19-9-7-6-8-10-19)24(34)17-33(38(4,36)37)23-15-20(26(28,29)30)11-12-21(23)27/h6-12,15,18,22H,5,13-14,16-17H2,1-4H3,(H,31,35)/t22-/m1/s1. The highest BCUT2D eigenvalue weighted by Gasteiger charge is 2.35. The van der Waals surface area contributed by atoms with Crippen LogP contribution in [-0.4, -0.2) is 57.1 Å². The largest absolute Gasteiger partial charge is 0.416 e. The first-order valence-electron chi connectivity index (χ1n) is 12.1. The first-order valence-corrected chi connectivity index (χ1v) is 14.3. The molecule has 2 aromatic rings. The van der Waals surface area contributed by atoms with Crippen molar-refractivity contribution in [3.63, 3.8) is 0 Å². The van der Waals surface area contributed by atoms with E-state index in [0.717, 1.165) is 24.0 Å². The molecule has 0 bridgehead atoms. The molecule has 2 aromatic carbocycles. The average Bonchev–Trinajstić information content (AvgIpc) is 2.83. The molecule has 1 atom stereocenters. The van der Waals surface area contributed by atoms with E-state index >= 15 is 0 Å². The van der Waals surface area contributed by atoms with Crippen LogP contribution in [0.5, 0.6) is 0 Å². The molecule has 0 aromatic heterocycles. The molecular weight excluding hydrogens is 543 g/mol. The molecule has 0 saturated heterocycles. The highest BCUT2D eigenvalue weighted by atomic mass is 35.5. The highest BCUT2D eigenvalue weighted by Crippen LogP contribution is 2.36. The lowest BCUT2D eigenvalue weighted by molar-refractivity contribution is -0.139. The second kappa shape index (κ2) is 13.3. The normalized spacial score (nSPS) is 12.8. The average molecular weight is 576 g/mol. The Morgan fingerprint density at radius 1 is 1.08 bits per heavy atom. The summed E-state index contributed by atoms with van der Waals surface area (Å²) in [6.45, 7) is 5.20. The van der Waals surface area contributed by atoms with E-state index in [1.165, 1.54) is 4.90 Å². The molecule has 0 spiro atoms. The molecule has 0 aliphatic carbocycles. The molecule has 0 fully saturated rings. The van der Waals surface area contributed by atoms with Crippen LogP contribution in [0.15, 0.2) is 48.5 Å². The minimum atomic E-state index is -4.75. The van der Waals surface area contributed by atoms with Crippen LogP contribution in [0.1, 0.15) is 38.3 Å². The summed E-state index contributed by atoms with van der Waals surface area (Å²) in [7, 11) is -4.24. The number of amides is 2. The molecule has 7 nitrogen and oxygen atoms in total. The summed E-state index contributed by atoms with van der Waals surface area (Å²) in [6.07, 6.45) is -3.36. The monoisotopic (exact) mass is 575 g/mol. The number of carbonyl (C=O) groups is 2. The number of sulfonamides is 1. The van der Waals surface area contributed by atoms with Crippen molar-refractivity contribution in [2.24, 2.45) is 5.92 Å². The zero-order valence-corrected chi connectivity index (χ0v) is 23.3. The van der Waals surface area contributed by atoms with E-state index in [2.05, 4.69) is 5.32 Å². The van der Waals surface area contributed by atoms with Crippen molar-refractivity contribution >= 4 is 39.1 Å². The fourth-order valence-electron chi connectivity index (χ4n) is 3.79. The second-order valence-electron chi connectivity index (χ2n) is 9.32. The van der Waals surface area contributed by atoms with Gasteiger partial charge >= 0.3 is 6.18 Å². The Bertz CT molecular complexity index is 1210. The summed E-state index contributed by atoms with van der Waals surface area (Å²) in [5, 5.41) is 2.53. The lowest BCUT2D eigenvalue weighted by Gasteiger charge is -2.33. The third-order valence-corrected chi connectivity index (χ3v) is 7.22. The molecule has 0 aliphatic rings. The van der Waals surface area contributed by atoms with E-state index in [1.807, 2.05) is 44.2 Å². The summed E-state index contributed by atoms with van der Waals surface area (Å²) in [5.41, 5.74) is -0.695. The molecule has 0 radical (unpaired) electrons. The van der Waals surface area contributed by atoms with Gasteiger partial charge in [0, 0.05) is 13.1 Å². The number of anilines is 1. The van der Waals surface area contributed by atoms with Crippen LogP contribution in [0, 0.1) is 5.92 Å². The van der Waals surface area contributed by atoms with Gasteiger partial charge in [-0.25, -0.2) is 8.42 Å². The van der Waals surface area contributed by atoms with Crippen molar-refractivity contribution in [1.29, 1.82) is 0 Å². The zero-order valence-electron chi connectivity index (χ0n) is 21.8. The van der Waals surface area contributed by atoms with Gasteiger partial charge in [-0.1, -0.05) is 62.7 Å². The number of alkyl halides is 3. The Labute approximate surface area is 227 Å². The van der Waals surface area contributed by atoms with Crippen LogP contribution >= 0.6 is 11.6 Å². The van der Waals surface area contributed by atoms with Crippen molar-refractivity contribution in [3.05, 3.63) is 64.7 Å². The van der Waals surface area contributed by atoms with Gasteiger partial charge in [0.2, 0.25) is 21.8 Å². The van der Waals surface area contributed by atoms with Crippen molar-refractivity contribution in [3.8, 4) is 0 Å². The fourth-order valence-corrected chi connectivity index (χ4v) is 4.92. The van der Waals surface area contributed by atoms with Gasteiger partial charge in [0.15, 0.2) is 0 Å². The van der Waals surface area contributed by atoms with Crippen LogP contribution in [0.3, 0.4) is 0 Å². The second-order valence-corrected chi connectivity index (χ2v) is 11.6. The SMILES string of the molecule is CC[C@H](C(=O)NCC(C)C)N(CCc1ccccc1)C(=O)CN(c1cc(C(F)(F)F)ccc1Cl)S(C)(=O)=O. The van der Waals surface area contributed by atoms with Crippen LogP contribution in [-0.2, 0) is 32.2 Å². The number of benzene rings is 2. The van der Waals surface area contributed by atoms with Crippen LogP contribution < -0.4 is 9.62 Å². The molecule has 0 unspecified atom stereocenters. The van der Waals surface area contributed by atoms with Gasteiger partial charge in [-0.3, -0.25) is 13.9 Å². The first-order chi connectivity index (χ1) is 17.6. The lowest BCUT2D eigenvalue weighted by atomic mass is 10.1. The van der Waals surface area contributed by atoms with Crippen molar-refractivity contribution in [2.45, 2.75) is 45.8 Å². The summed E-state index contributed by atoms with van der Waals surface area (Å²) in [6, 6.07) is 10.5. The van der Waals surface area contributed by atoms with E-state index < -0.39 is 51.9 Å². The number of nitrogens with one attached hydrogen (secondary N) is 1. The van der Waals surface area contributed by atoms with Crippen LogP contribution in [0.25, 0.3) is 0 Å². The van der Waals surface area contributed by atoms with E-state index in [9.17, 15) is 31.2 Å². The maximum atomic E-state index is 13.6. The number of halogens is 4. The van der Waals surface area contributed by atoms with E-state index in [-0.39, 0.29) is 23.9 Å². The van der Waals surface area contributed by atoms with Crippen LogP contribution in [0.4, 0.5) is 18.9 Å². The third-order valence-electron chi connectivity index (χ3n) is 5.78. The number of hydrogen-bond donors (Lipinski definition) is 1. The molecule has 0 heterocycles. The minimum Gasteiger partial charge on any atom is -0.354 e. The van der Waals surface area contributed by atoms with Crippen molar-refractivity contribution < 1.29 is 31.2 Å². The molecular formula is C26H33ClF3N3O4S. The van der Waals surface area contributed by atoms with E-state index in [1.54, 1.807) is 6.92 Å². The summed E-state index contributed by atoms with van der Waals surface area (Å²) in [4.78, 5) is 27.9. The molecule has 38 heavy (non-hydrogen) atoms.